The summed E-state index contributed by atoms with van der Waals surface area (Å²) in [5.74, 6) is 0.551. The van der Waals surface area contributed by atoms with E-state index in [1.54, 1.807) is 0 Å². The lowest BCUT2D eigenvalue weighted by molar-refractivity contribution is -0.134. The van der Waals surface area contributed by atoms with E-state index < -0.39 is 0 Å². The van der Waals surface area contributed by atoms with Gasteiger partial charge in [0, 0.05) is 25.2 Å². The van der Waals surface area contributed by atoms with Crippen molar-refractivity contribution >= 4 is 11.8 Å². The number of nitrogens with one attached hydrogen (secondary N) is 2. The predicted molar refractivity (Wildman–Crippen MR) is 89.1 cm³/mol. The van der Waals surface area contributed by atoms with Crippen LogP contribution in [0.1, 0.15) is 36.0 Å². The molecule has 0 aromatic heterocycles. The minimum atomic E-state index is -0.0356. The Morgan fingerprint density at radius 2 is 2.00 bits per heavy atom. The van der Waals surface area contributed by atoms with Gasteiger partial charge in [-0.2, -0.15) is 0 Å². The molecule has 0 bridgehead atoms. The molecule has 1 aromatic rings. The monoisotopic (exact) mass is 315 g/mol. The molecule has 5 heteroatoms. The standard InChI is InChI=1S/C18H25N3O2/c22-17(15-7-2-1-3-8-15)20-12-14-6-5-11-21(13-14)18(23)16-9-4-10-19-16/h1-3,7-8,14,16,19H,4-6,9-13H2,(H,20,22). The van der Waals surface area contributed by atoms with Gasteiger partial charge in [0.15, 0.2) is 0 Å². The van der Waals surface area contributed by atoms with Crippen molar-refractivity contribution in [1.29, 1.82) is 0 Å². The SMILES string of the molecule is O=C(NCC1CCCN(C(=O)C2CCCN2)C1)c1ccccc1. The first-order valence-electron chi connectivity index (χ1n) is 8.59. The van der Waals surface area contributed by atoms with Crippen molar-refractivity contribution in [3.8, 4) is 0 Å². The second-order valence-corrected chi connectivity index (χ2v) is 6.52. The number of piperidine rings is 1. The molecular weight excluding hydrogens is 290 g/mol. The molecule has 2 atom stereocenters. The van der Waals surface area contributed by atoms with Gasteiger partial charge in [-0.3, -0.25) is 9.59 Å². The van der Waals surface area contributed by atoms with Crippen molar-refractivity contribution in [2.75, 3.05) is 26.2 Å². The van der Waals surface area contributed by atoms with Gasteiger partial charge >= 0.3 is 0 Å². The Morgan fingerprint density at radius 3 is 2.74 bits per heavy atom. The van der Waals surface area contributed by atoms with Gasteiger partial charge in [-0.05, 0) is 50.3 Å². The highest BCUT2D eigenvalue weighted by atomic mass is 16.2. The van der Waals surface area contributed by atoms with Crippen LogP contribution in [0.15, 0.2) is 30.3 Å². The zero-order chi connectivity index (χ0) is 16.1. The zero-order valence-corrected chi connectivity index (χ0v) is 13.5. The Balaban J connectivity index is 1.48. The third kappa shape index (κ3) is 4.10. The van der Waals surface area contributed by atoms with Gasteiger partial charge in [-0.1, -0.05) is 18.2 Å². The second kappa shape index (κ2) is 7.59. The molecule has 2 saturated heterocycles. The summed E-state index contributed by atoms with van der Waals surface area (Å²) in [6.45, 7) is 3.18. The van der Waals surface area contributed by atoms with Crippen LogP contribution in [-0.2, 0) is 4.79 Å². The van der Waals surface area contributed by atoms with E-state index in [1.807, 2.05) is 35.2 Å². The number of likely N-dealkylation sites (tertiary alicyclic amines) is 1. The first-order valence-corrected chi connectivity index (χ1v) is 8.59. The van der Waals surface area contributed by atoms with Gasteiger partial charge < -0.3 is 15.5 Å². The van der Waals surface area contributed by atoms with Crippen molar-refractivity contribution in [3.05, 3.63) is 35.9 Å². The molecule has 3 rings (SSSR count). The Morgan fingerprint density at radius 1 is 1.17 bits per heavy atom. The van der Waals surface area contributed by atoms with Crippen molar-refractivity contribution in [3.63, 3.8) is 0 Å². The third-order valence-corrected chi connectivity index (χ3v) is 4.78. The maximum atomic E-state index is 12.5. The van der Waals surface area contributed by atoms with E-state index in [1.165, 1.54) is 0 Å². The first-order chi connectivity index (χ1) is 11.2. The second-order valence-electron chi connectivity index (χ2n) is 6.52. The lowest BCUT2D eigenvalue weighted by Crippen LogP contribution is -2.49. The quantitative estimate of drug-likeness (QED) is 0.883. The lowest BCUT2D eigenvalue weighted by Gasteiger charge is -2.34. The van der Waals surface area contributed by atoms with Gasteiger partial charge in [0.1, 0.15) is 0 Å². The van der Waals surface area contributed by atoms with Crippen LogP contribution in [0.25, 0.3) is 0 Å². The number of benzene rings is 1. The van der Waals surface area contributed by atoms with Crippen LogP contribution in [0.5, 0.6) is 0 Å². The number of carbonyl (C=O) groups is 2. The van der Waals surface area contributed by atoms with E-state index in [0.29, 0.717) is 18.0 Å². The van der Waals surface area contributed by atoms with Crippen molar-refractivity contribution < 1.29 is 9.59 Å². The predicted octanol–water partition coefficient (Wildman–Crippen LogP) is 1.41. The molecule has 2 N–H and O–H groups in total. The molecule has 0 aliphatic carbocycles. The van der Waals surface area contributed by atoms with Crippen LogP contribution in [0, 0.1) is 5.92 Å². The molecule has 1 aromatic carbocycles. The normalized spacial score (nSPS) is 24.4. The van der Waals surface area contributed by atoms with E-state index in [4.69, 9.17) is 0 Å². The smallest absolute Gasteiger partial charge is 0.251 e. The molecule has 2 aliphatic rings. The third-order valence-electron chi connectivity index (χ3n) is 4.78. The maximum absolute atomic E-state index is 12.5. The number of carbonyl (C=O) groups excluding carboxylic acids is 2. The van der Waals surface area contributed by atoms with E-state index >= 15 is 0 Å². The highest BCUT2D eigenvalue weighted by molar-refractivity contribution is 5.94. The minimum absolute atomic E-state index is 0.00709. The van der Waals surface area contributed by atoms with Crippen molar-refractivity contribution in [2.24, 2.45) is 5.92 Å². The zero-order valence-electron chi connectivity index (χ0n) is 13.5. The Kier molecular flexibility index (Phi) is 5.28. The van der Waals surface area contributed by atoms with Crippen LogP contribution in [0.3, 0.4) is 0 Å². The average Bonchev–Trinajstić information content (AvgIpc) is 3.14. The highest BCUT2D eigenvalue weighted by Gasteiger charge is 2.30. The van der Waals surface area contributed by atoms with E-state index in [-0.39, 0.29) is 17.9 Å². The molecule has 2 heterocycles. The van der Waals surface area contributed by atoms with Crippen molar-refractivity contribution in [1.82, 2.24) is 15.5 Å². The average molecular weight is 315 g/mol. The lowest BCUT2D eigenvalue weighted by atomic mass is 9.97. The fourth-order valence-electron chi connectivity index (χ4n) is 3.48. The van der Waals surface area contributed by atoms with Gasteiger partial charge in [0.05, 0.1) is 6.04 Å². The summed E-state index contributed by atoms with van der Waals surface area (Å²) in [5.41, 5.74) is 0.686. The summed E-state index contributed by atoms with van der Waals surface area (Å²) in [6.07, 6.45) is 4.12. The summed E-state index contributed by atoms with van der Waals surface area (Å²) in [4.78, 5) is 26.6. The number of hydrogen-bond acceptors (Lipinski definition) is 3. The summed E-state index contributed by atoms with van der Waals surface area (Å²) < 4.78 is 0. The van der Waals surface area contributed by atoms with E-state index in [2.05, 4.69) is 10.6 Å². The summed E-state index contributed by atoms with van der Waals surface area (Å²) in [6, 6.07) is 9.27. The fourth-order valence-corrected chi connectivity index (χ4v) is 3.48. The topological polar surface area (TPSA) is 61.4 Å². The van der Waals surface area contributed by atoms with Gasteiger partial charge in [0.2, 0.25) is 5.91 Å². The molecule has 0 spiro atoms. The molecule has 2 aliphatic heterocycles. The summed E-state index contributed by atoms with van der Waals surface area (Å²) >= 11 is 0. The number of amides is 2. The molecule has 23 heavy (non-hydrogen) atoms. The first kappa shape index (κ1) is 16.0. The number of rotatable bonds is 4. The Bertz CT molecular complexity index is 540. The Hall–Kier alpha value is -1.88. The molecular formula is C18H25N3O2. The summed E-state index contributed by atoms with van der Waals surface area (Å²) in [7, 11) is 0. The van der Waals surface area contributed by atoms with E-state index in [9.17, 15) is 9.59 Å². The molecule has 2 fully saturated rings. The van der Waals surface area contributed by atoms with Crippen LogP contribution in [-0.4, -0.2) is 48.9 Å². The van der Waals surface area contributed by atoms with Crippen LogP contribution >= 0.6 is 0 Å². The number of hydrogen-bond donors (Lipinski definition) is 2. The molecule has 0 saturated carbocycles. The van der Waals surface area contributed by atoms with Gasteiger partial charge in [0.25, 0.3) is 5.91 Å². The molecule has 5 nitrogen and oxygen atoms in total. The molecule has 0 radical (unpaired) electrons. The summed E-state index contributed by atoms with van der Waals surface area (Å²) in [5, 5.41) is 6.28. The van der Waals surface area contributed by atoms with Crippen LogP contribution < -0.4 is 10.6 Å². The molecule has 2 unspecified atom stereocenters. The largest absolute Gasteiger partial charge is 0.352 e. The van der Waals surface area contributed by atoms with Crippen LogP contribution in [0.4, 0.5) is 0 Å². The number of nitrogens with zero attached hydrogens (tertiary/aromatic N) is 1. The fraction of sp³-hybridized carbons (Fsp3) is 0.556. The minimum Gasteiger partial charge on any atom is -0.352 e. The van der Waals surface area contributed by atoms with Gasteiger partial charge in [-0.25, -0.2) is 0 Å². The highest BCUT2D eigenvalue weighted by Crippen LogP contribution is 2.18. The van der Waals surface area contributed by atoms with E-state index in [0.717, 1.165) is 45.3 Å². The molecule has 2 amide bonds. The molecule has 124 valence electrons. The Labute approximate surface area is 137 Å². The van der Waals surface area contributed by atoms with Crippen molar-refractivity contribution in [2.45, 2.75) is 31.7 Å². The van der Waals surface area contributed by atoms with Gasteiger partial charge in [-0.15, -0.1) is 0 Å². The maximum Gasteiger partial charge on any atom is 0.251 e. The van der Waals surface area contributed by atoms with Crippen LogP contribution in [0.2, 0.25) is 0 Å².